The smallest absolute Gasteiger partial charge is 0.409 e. The van der Waals surface area contributed by atoms with Gasteiger partial charge in [-0.2, -0.15) is 4.98 Å². The zero-order valence-corrected chi connectivity index (χ0v) is 28.6. The number of nitrogens with one attached hydrogen (secondary N) is 1. The van der Waals surface area contributed by atoms with Crippen molar-refractivity contribution in [3.8, 4) is 5.75 Å². The first-order valence-electron chi connectivity index (χ1n) is 15.2. The highest BCUT2D eigenvalue weighted by molar-refractivity contribution is 6.33. The van der Waals surface area contributed by atoms with E-state index in [2.05, 4.69) is 34.0 Å². The fraction of sp³-hybridized carbons (Fsp3) is 0.314. The van der Waals surface area contributed by atoms with Crippen LogP contribution in [0.4, 0.5) is 22.2 Å². The number of carbonyl (C=O) groups excluding carboxylic acids is 2. The van der Waals surface area contributed by atoms with Crippen molar-refractivity contribution in [1.82, 2.24) is 19.8 Å². The van der Waals surface area contributed by atoms with Crippen LogP contribution in [0.3, 0.4) is 0 Å². The Bertz CT molecular complexity index is 1650. The molecule has 0 saturated carbocycles. The Hall–Kier alpha value is -4.18. The van der Waals surface area contributed by atoms with E-state index in [1.165, 1.54) is 4.90 Å². The van der Waals surface area contributed by atoms with E-state index in [0.29, 0.717) is 45.0 Å². The number of aromatic nitrogens is 2. The predicted molar refractivity (Wildman–Crippen MR) is 186 cm³/mol. The molecule has 0 saturated heterocycles. The van der Waals surface area contributed by atoms with Crippen LogP contribution in [-0.4, -0.2) is 65.0 Å². The molecule has 0 spiro atoms. The van der Waals surface area contributed by atoms with Crippen LogP contribution in [0.5, 0.6) is 5.75 Å². The van der Waals surface area contributed by atoms with Crippen LogP contribution >= 0.6 is 23.2 Å². The average Bonchev–Trinajstić information content (AvgIpc) is 3.03. The number of anilines is 3. The topological polar surface area (TPSA) is 90.9 Å². The highest BCUT2D eigenvalue weighted by Gasteiger charge is 2.24. The lowest BCUT2D eigenvalue weighted by atomic mass is 10.1. The Labute approximate surface area is 281 Å². The van der Waals surface area contributed by atoms with Crippen LogP contribution in [0.1, 0.15) is 46.5 Å². The van der Waals surface area contributed by atoms with Crippen LogP contribution < -0.4 is 15.0 Å². The van der Waals surface area contributed by atoms with Gasteiger partial charge in [-0.05, 0) is 99.1 Å². The minimum atomic E-state index is -0.635. The molecular weight excluding hydrogens is 623 g/mol. The summed E-state index contributed by atoms with van der Waals surface area (Å²) in [6.45, 7) is 13.4. The lowest BCUT2D eigenvalue weighted by molar-refractivity contribution is 0.0779. The number of amides is 2. The van der Waals surface area contributed by atoms with E-state index in [4.69, 9.17) is 27.9 Å². The van der Waals surface area contributed by atoms with Crippen molar-refractivity contribution in [1.29, 1.82) is 0 Å². The first-order valence-corrected chi connectivity index (χ1v) is 15.9. The SMILES string of the molecule is CCN(CC)CCN(C)C(=O)c1ccc(Nc2nccc(N(Cc3cc(Cl)ccc3Cl)C(=O)Oc3c(C)cc(C)cc3C)n2)cc1. The number of halogens is 2. The molecule has 242 valence electrons. The molecule has 1 aromatic heterocycles. The normalized spacial score (nSPS) is 11.0. The van der Waals surface area contributed by atoms with E-state index in [1.807, 2.05) is 40.0 Å². The average molecular weight is 664 g/mol. The first kappa shape index (κ1) is 34.7. The number of hydrogen-bond acceptors (Lipinski definition) is 7. The van der Waals surface area contributed by atoms with Gasteiger partial charge in [-0.3, -0.25) is 9.69 Å². The lowest BCUT2D eigenvalue weighted by Crippen LogP contribution is -2.36. The number of benzene rings is 3. The quantitative estimate of drug-likeness (QED) is 0.164. The third kappa shape index (κ3) is 8.96. The highest BCUT2D eigenvalue weighted by atomic mass is 35.5. The number of rotatable bonds is 12. The zero-order chi connectivity index (χ0) is 33.4. The van der Waals surface area contributed by atoms with Crippen molar-refractivity contribution in [3.63, 3.8) is 0 Å². The maximum atomic E-state index is 13.8. The molecule has 0 atom stereocenters. The highest BCUT2D eigenvalue weighted by Crippen LogP contribution is 2.29. The molecule has 0 unspecified atom stereocenters. The van der Waals surface area contributed by atoms with Gasteiger partial charge < -0.3 is 19.9 Å². The molecule has 1 heterocycles. The van der Waals surface area contributed by atoms with E-state index in [0.717, 1.165) is 36.3 Å². The molecule has 0 aliphatic heterocycles. The van der Waals surface area contributed by atoms with E-state index in [-0.39, 0.29) is 18.4 Å². The summed E-state index contributed by atoms with van der Waals surface area (Å²) in [7, 11) is 1.81. The Morgan fingerprint density at radius 2 is 1.57 bits per heavy atom. The maximum absolute atomic E-state index is 13.8. The van der Waals surface area contributed by atoms with Gasteiger partial charge in [0, 0.05) is 47.6 Å². The number of hydrogen-bond donors (Lipinski definition) is 1. The minimum absolute atomic E-state index is 0.0511. The van der Waals surface area contributed by atoms with Gasteiger partial charge in [0.25, 0.3) is 5.91 Å². The van der Waals surface area contributed by atoms with Crippen molar-refractivity contribution >= 4 is 52.7 Å². The van der Waals surface area contributed by atoms with Gasteiger partial charge in [-0.15, -0.1) is 0 Å². The third-order valence-electron chi connectivity index (χ3n) is 7.65. The van der Waals surface area contributed by atoms with Crippen molar-refractivity contribution in [2.45, 2.75) is 41.2 Å². The fourth-order valence-electron chi connectivity index (χ4n) is 5.08. The largest absolute Gasteiger partial charge is 0.421 e. The van der Waals surface area contributed by atoms with Crippen LogP contribution in [0.2, 0.25) is 10.0 Å². The minimum Gasteiger partial charge on any atom is -0.409 e. The predicted octanol–water partition coefficient (Wildman–Crippen LogP) is 8.07. The molecule has 1 N–H and O–H groups in total. The van der Waals surface area contributed by atoms with Crippen LogP contribution in [-0.2, 0) is 6.54 Å². The Morgan fingerprint density at radius 1 is 0.891 bits per heavy atom. The number of likely N-dealkylation sites (N-methyl/N-ethyl adjacent to an activating group) is 2. The number of nitrogens with zero attached hydrogens (tertiary/aromatic N) is 5. The van der Waals surface area contributed by atoms with Gasteiger partial charge >= 0.3 is 6.09 Å². The number of aryl methyl sites for hydroxylation is 3. The van der Waals surface area contributed by atoms with Crippen molar-refractivity contribution < 1.29 is 14.3 Å². The Balaban J connectivity index is 1.55. The Kier molecular flexibility index (Phi) is 12.0. The maximum Gasteiger partial charge on any atom is 0.421 e. The molecule has 11 heteroatoms. The second-order valence-corrected chi connectivity index (χ2v) is 12.0. The molecule has 4 aromatic rings. The van der Waals surface area contributed by atoms with Gasteiger partial charge in [0.1, 0.15) is 11.6 Å². The summed E-state index contributed by atoms with van der Waals surface area (Å²) in [4.78, 5) is 41.1. The molecule has 3 aromatic carbocycles. The summed E-state index contributed by atoms with van der Waals surface area (Å²) in [6.07, 6.45) is 0.916. The number of carbonyl (C=O) groups is 2. The van der Waals surface area contributed by atoms with E-state index in [9.17, 15) is 9.59 Å². The standard InChI is InChI=1S/C35H40Cl2N6O3/c1-7-42(8-2)18-17-41(6)33(44)26-9-12-29(13-10-26)39-34-38-16-15-31(40-34)43(22-27-21-28(36)11-14-30(27)37)35(45)46-32-24(4)19-23(3)20-25(32)5/h9-16,19-21H,7-8,17-18,22H2,1-6H3,(H,38,39,40). The zero-order valence-electron chi connectivity index (χ0n) is 27.1. The number of ether oxygens (including phenoxy) is 1. The summed E-state index contributed by atoms with van der Waals surface area (Å²) >= 11 is 12.7. The summed E-state index contributed by atoms with van der Waals surface area (Å²) in [6, 6.07) is 17.7. The molecule has 46 heavy (non-hydrogen) atoms. The summed E-state index contributed by atoms with van der Waals surface area (Å²) in [5.41, 5.74) is 4.64. The second kappa shape index (κ2) is 15.9. The van der Waals surface area contributed by atoms with Crippen molar-refractivity contribution in [2.24, 2.45) is 0 Å². The van der Waals surface area contributed by atoms with Gasteiger partial charge in [-0.25, -0.2) is 9.78 Å². The van der Waals surface area contributed by atoms with E-state index in [1.54, 1.807) is 59.6 Å². The van der Waals surface area contributed by atoms with Gasteiger partial charge in [0.15, 0.2) is 0 Å². The van der Waals surface area contributed by atoms with E-state index < -0.39 is 6.09 Å². The van der Waals surface area contributed by atoms with E-state index >= 15 is 0 Å². The van der Waals surface area contributed by atoms with Gasteiger partial charge in [-0.1, -0.05) is 54.7 Å². The molecule has 0 radical (unpaired) electrons. The molecule has 4 rings (SSSR count). The molecule has 0 fully saturated rings. The molecule has 0 aliphatic rings. The monoisotopic (exact) mass is 662 g/mol. The second-order valence-electron chi connectivity index (χ2n) is 11.1. The van der Waals surface area contributed by atoms with Crippen molar-refractivity contribution in [3.05, 3.63) is 105 Å². The molecule has 2 amide bonds. The van der Waals surface area contributed by atoms with Crippen LogP contribution in [0, 0.1) is 20.8 Å². The van der Waals surface area contributed by atoms with Gasteiger partial charge in [0.2, 0.25) is 5.95 Å². The summed E-state index contributed by atoms with van der Waals surface area (Å²) < 4.78 is 5.94. The van der Waals surface area contributed by atoms with Crippen molar-refractivity contribution in [2.75, 3.05) is 43.4 Å². The van der Waals surface area contributed by atoms with Crippen LogP contribution in [0.15, 0.2) is 66.9 Å². The fourth-order valence-corrected chi connectivity index (χ4v) is 5.45. The molecular formula is C35H40Cl2N6O3. The third-order valence-corrected chi connectivity index (χ3v) is 8.25. The van der Waals surface area contributed by atoms with Crippen LogP contribution in [0.25, 0.3) is 0 Å². The lowest BCUT2D eigenvalue weighted by Gasteiger charge is -2.23. The Morgan fingerprint density at radius 3 is 2.22 bits per heavy atom. The molecule has 0 bridgehead atoms. The van der Waals surface area contributed by atoms with Gasteiger partial charge in [0.05, 0.1) is 6.54 Å². The first-order chi connectivity index (χ1) is 22.0. The summed E-state index contributed by atoms with van der Waals surface area (Å²) in [5, 5.41) is 4.10. The molecule has 9 nitrogen and oxygen atoms in total. The summed E-state index contributed by atoms with van der Waals surface area (Å²) in [5.74, 6) is 0.983. The molecule has 0 aliphatic carbocycles.